The Morgan fingerprint density at radius 3 is 2.20 bits per heavy atom. The summed E-state index contributed by atoms with van der Waals surface area (Å²) in [5.74, 6) is 2.39. The van der Waals surface area contributed by atoms with E-state index in [0.29, 0.717) is 24.7 Å². The van der Waals surface area contributed by atoms with Gasteiger partial charge in [-0.3, -0.25) is 4.79 Å². The van der Waals surface area contributed by atoms with E-state index in [1.54, 1.807) is 14.2 Å². The van der Waals surface area contributed by atoms with Crippen molar-refractivity contribution in [2.75, 3.05) is 39.3 Å². The zero-order valence-corrected chi connectivity index (χ0v) is 20.9. The molecule has 0 radical (unpaired) electrons. The highest BCUT2D eigenvalue weighted by Gasteiger charge is 2.10. The Bertz CT molecular complexity index is 1100. The van der Waals surface area contributed by atoms with Gasteiger partial charge in [-0.05, 0) is 74.3 Å². The van der Waals surface area contributed by atoms with Crippen molar-refractivity contribution < 1.29 is 23.7 Å². The second-order valence-corrected chi connectivity index (χ2v) is 8.03. The molecule has 3 aromatic carbocycles. The summed E-state index contributed by atoms with van der Waals surface area (Å²) in [6.07, 6.45) is 0.857. The molecule has 7 heteroatoms. The third kappa shape index (κ3) is 7.93. The van der Waals surface area contributed by atoms with Gasteiger partial charge in [-0.15, -0.1) is 0 Å². The Hall–Kier alpha value is -3.71. The molecule has 0 aliphatic carbocycles. The largest absolute Gasteiger partial charge is 0.493 e. The van der Waals surface area contributed by atoms with Gasteiger partial charge in [-0.2, -0.15) is 0 Å². The van der Waals surface area contributed by atoms with Crippen molar-refractivity contribution in [2.45, 2.75) is 26.8 Å². The van der Waals surface area contributed by atoms with Crippen LogP contribution in [-0.2, 0) is 17.8 Å². The molecule has 1 amide bonds. The fraction of sp³-hybridized carbons (Fsp3) is 0.321. The minimum absolute atomic E-state index is 0.100. The van der Waals surface area contributed by atoms with Gasteiger partial charge in [0, 0.05) is 12.2 Å². The first-order valence-electron chi connectivity index (χ1n) is 11.7. The van der Waals surface area contributed by atoms with Crippen molar-refractivity contribution in [2.24, 2.45) is 0 Å². The lowest BCUT2D eigenvalue weighted by Gasteiger charge is -2.14. The number of nitrogens with one attached hydrogen (secondary N) is 2. The highest BCUT2D eigenvalue weighted by atomic mass is 16.5. The first kappa shape index (κ1) is 25.9. The maximum Gasteiger partial charge on any atom is 0.262 e. The van der Waals surface area contributed by atoms with E-state index < -0.39 is 0 Å². The third-order valence-corrected chi connectivity index (χ3v) is 5.37. The Morgan fingerprint density at radius 1 is 0.800 bits per heavy atom. The van der Waals surface area contributed by atoms with Gasteiger partial charge >= 0.3 is 0 Å². The number of hydrogen-bond donors (Lipinski definition) is 2. The lowest BCUT2D eigenvalue weighted by Crippen LogP contribution is -2.20. The number of methoxy groups -OCH3 is 2. The molecular weight excluding hydrogens is 444 g/mol. The molecule has 7 nitrogen and oxygen atoms in total. The van der Waals surface area contributed by atoms with Crippen LogP contribution < -0.4 is 29.6 Å². The second kappa shape index (κ2) is 13.2. The van der Waals surface area contributed by atoms with E-state index in [9.17, 15) is 4.79 Å². The molecule has 0 unspecified atom stereocenters. The summed E-state index contributed by atoms with van der Waals surface area (Å²) in [7, 11) is 3.27. The zero-order valence-electron chi connectivity index (χ0n) is 20.9. The molecule has 2 N–H and O–H groups in total. The monoisotopic (exact) mass is 478 g/mol. The van der Waals surface area contributed by atoms with Crippen molar-refractivity contribution in [3.05, 3.63) is 77.4 Å². The SMILES string of the molecule is CCOc1cc(CNCCc2ccc(OC)c(OC)c2)ccc1OCC(=O)Nc1ccc(C)cc1. The number of carbonyl (C=O) groups is 1. The quantitative estimate of drug-likeness (QED) is 0.345. The maximum atomic E-state index is 12.3. The van der Waals surface area contributed by atoms with Gasteiger partial charge in [0.2, 0.25) is 0 Å². The van der Waals surface area contributed by atoms with E-state index in [0.717, 1.165) is 46.8 Å². The molecule has 0 bridgehead atoms. The van der Waals surface area contributed by atoms with Crippen molar-refractivity contribution in [1.82, 2.24) is 5.32 Å². The fourth-order valence-electron chi connectivity index (χ4n) is 3.53. The first-order valence-corrected chi connectivity index (χ1v) is 11.7. The van der Waals surface area contributed by atoms with Crippen molar-refractivity contribution in [1.29, 1.82) is 0 Å². The average Bonchev–Trinajstić information content (AvgIpc) is 2.87. The van der Waals surface area contributed by atoms with Gasteiger partial charge < -0.3 is 29.6 Å². The van der Waals surface area contributed by atoms with Crippen molar-refractivity contribution in [3.8, 4) is 23.0 Å². The molecule has 3 rings (SSSR count). The smallest absolute Gasteiger partial charge is 0.262 e. The van der Waals surface area contributed by atoms with Crippen LogP contribution in [0.25, 0.3) is 0 Å². The Balaban J connectivity index is 1.50. The minimum atomic E-state index is -0.225. The number of rotatable bonds is 13. The van der Waals surface area contributed by atoms with Gasteiger partial charge in [-0.1, -0.05) is 29.8 Å². The van der Waals surface area contributed by atoms with Crippen LogP contribution in [0.15, 0.2) is 60.7 Å². The van der Waals surface area contributed by atoms with Crippen LogP contribution in [-0.4, -0.2) is 39.9 Å². The highest BCUT2D eigenvalue weighted by molar-refractivity contribution is 5.91. The van der Waals surface area contributed by atoms with Gasteiger partial charge in [-0.25, -0.2) is 0 Å². The van der Waals surface area contributed by atoms with Gasteiger partial charge in [0.25, 0.3) is 5.91 Å². The molecule has 0 aliphatic rings. The molecule has 0 saturated heterocycles. The number of aryl methyl sites for hydroxylation is 1. The summed E-state index contributed by atoms with van der Waals surface area (Å²) in [6.45, 7) is 5.81. The summed E-state index contributed by atoms with van der Waals surface area (Å²) in [6, 6.07) is 19.3. The van der Waals surface area contributed by atoms with Crippen LogP contribution in [0.5, 0.6) is 23.0 Å². The van der Waals surface area contributed by atoms with Crippen molar-refractivity contribution in [3.63, 3.8) is 0 Å². The van der Waals surface area contributed by atoms with E-state index in [1.807, 2.05) is 74.5 Å². The number of anilines is 1. The van der Waals surface area contributed by atoms with E-state index in [1.165, 1.54) is 0 Å². The molecule has 35 heavy (non-hydrogen) atoms. The molecule has 0 spiro atoms. The minimum Gasteiger partial charge on any atom is -0.493 e. The number of ether oxygens (including phenoxy) is 4. The average molecular weight is 479 g/mol. The van der Waals surface area contributed by atoms with E-state index >= 15 is 0 Å². The molecule has 0 saturated carbocycles. The normalized spacial score (nSPS) is 10.5. The molecule has 0 aliphatic heterocycles. The lowest BCUT2D eigenvalue weighted by atomic mass is 10.1. The Labute approximate surface area is 207 Å². The second-order valence-electron chi connectivity index (χ2n) is 8.03. The van der Waals surface area contributed by atoms with Crippen LogP contribution in [0, 0.1) is 6.92 Å². The van der Waals surface area contributed by atoms with Crippen molar-refractivity contribution >= 4 is 11.6 Å². The molecule has 0 fully saturated rings. The number of amides is 1. The topological polar surface area (TPSA) is 78.1 Å². The standard InChI is InChI=1S/C28H34N2O5/c1-5-34-27-17-22(18-29-15-14-21-8-12-24(32-3)26(16-21)33-4)9-13-25(27)35-19-28(31)30-23-10-6-20(2)7-11-23/h6-13,16-17,29H,5,14-15,18-19H2,1-4H3,(H,30,31). The third-order valence-electron chi connectivity index (χ3n) is 5.37. The molecule has 0 heterocycles. The van der Waals surface area contributed by atoms with E-state index in [4.69, 9.17) is 18.9 Å². The van der Waals surface area contributed by atoms with Gasteiger partial charge in [0.1, 0.15) is 0 Å². The van der Waals surface area contributed by atoms with Gasteiger partial charge in [0.15, 0.2) is 29.6 Å². The maximum absolute atomic E-state index is 12.3. The first-order chi connectivity index (χ1) is 17.0. The lowest BCUT2D eigenvalue weighted by molar-refractivity contribution is -0.118. The van der Waals surface area contributed by atoms with E-state index in [2.05, 4.69) is 10.6 Å². The molecule has 3 aromatic rings. The van der Waals surface area contributed by atoms with Gasteiger partial charge in [0.05, 0.1) is 20.8 Å². The van der Waals surface area contributed by atoms with Crippen LogP contribution in [0.3, 0.4) is 0 Å². The molecular formula is C28H34N2O5. The Kier molecular flexibility index (Phi) is 9.80. The Morgan fingerprint density at radius 2 is 1.49 bits per heavy atom. The predicted octanol–water partition coefficient (Wildman–Crippen LogP) is 4.76. The van der Waals surface area contributed by atoms with Crippen LogP contribution >= 0.6 is 0 Å². The summed E-state index contributed by atoms with van der Waals surface area (Å²) in [4.78, 5) is 12.3. The van der Waals surface area contributed by atoms with Crippen LogP contribution in [0.1, 0.15) is 23.6 Å². The fourth-order valence-corrected chi connectivity index (χ4v) is 3.53. The number of carbonyl (C=O) groups excluding carboxylic acids is 1. The highest BCUT2D eigenvalue weighted by Crippen LogP contribution is 2.29. The number of benzene rings is 3. The summed E-state index contributed by atoms with van der Waals surface area (Å²) in [5.41, 5.74) is 4.11. The summed E-state index contributed by atoms with van der Waals surface area (Å²) in [5, 5.41) is 6.29. The van der Waals surface area contributed by atoms with Crippen LogP contribution in [0.2, 0.25) is 0 Å². The van der Waals surface area contributed by atoms with Crippen LogP contribution in [0.4, 0.5) is 5.69 Å². The summed E-state index contributed by atoms with van der Waals surface area (Å²) >= 11 is 0. The van der Waals surface area contributed by atoms with E-state index in [-0.39, 0.29) is 12.5 Å². The summed E-state index contributed by atoms with van der Waals surface area (Å²) < 4.78 is 22.2. The number of hydrogen-bond acceptors (Lipinski definition) is 6. The zero-order chi connectivity index (χ0) is 25.0. The molecule has 186 valence electrons. The molecule has 0 aromatic heterocycles. The molecule has 0 atom stereocenters. The predicted molar refractivity (Wildman–Crippen MR) is 138 cm³/mol.